The van der Waals surface area contributed by atoms with Gasteiger partial charge >= 0.3 is 0 Å². The van der Waals surface area contributed by atoms with Gasteiger partial charge in [-0.05, 0) is 136 Å². The van der Waals surface area contributed by atoms with Crippen molar-refractivity contribution < 1.29 is 0 Å². The van der Waals surface area contributed by atoms with Crippen LogP contribution in [0, 0.1) is 0 Å². The van der Waals surface area contributed by atoms with Crippen molar-refractivity contribution in [2.75, 3.05) is 0 Å². The van der Waals surface area contributed by atoms with E-state index in [1.807, 2.05) is 0 Å². The van der Waals surface area contributed by atoms with Gasteiger partial charge in [-0.15, -0.1) is 15.1 Å². The fraction of sp³-hybridized carbons (Fsp3) is 0.0370. The summed E-state index contributed by atoms with van der Waals surface area (Å²) < 4.78 is 0. The molecule has 0 bridgehead atoms. The molecule has 0 fully saturated rings. The predicted molar refractivity (Wildman–Crippen MR) is 250 cm³/mol. The monoisotopic (exact) mass is 746 g/mol. The van der Waals surface area contributed by atoms with E-state index in [1.54, 1.807) is 0 Å². The molecule has 56 heavy (non-hydrogen) atoms. The molecule has 0 amide bonds. The van der Waals surface area contributed by atoms with E-state index in [2.05, 4.69) is 195 Å². The second kappa shape index (κ2) is 12.2. The van der Waals surface area contributed by atoms with Crippen LogP contribution >= 0.6 is 15.1 Å². The summed E-state index contributed by atoms with van der Waals surface area (Å²) in [5.74, 6) is 0. The van der Waals surface area contributed by atoms with Crippen LogP contribution < -0.4 is 0 Å². The van der Waals surface area contributed by atoms with Gasteiger partial charge in [0, 0.05) is 20.5 Å². The van der Waals surface area contributed by atoms with Crippen LogP contribution in [-0.4, -0.2) is 0 Å². The Hall–Kier alpha value is -6.16. The number of fused-ring (bicyclic) bond motifs is 10. The third-order valence-corrected chi connectivity index (χ3v) is 17.0. The van der Waals surface area contributed by atoms with Gasteiger partial charge in [-0.1, -0.05) is 158 Å². The third-order valence-electron chi connectivity index (χ3n) is 12.5. The van der Waals surface area contributed by atoms with Gasteiger partial charge in [0.1, 0.15) is 0 Å². The first-order chi connectivity index (χ1) is 27.6. The van der Waals surface area contributed by atoms with Gasteiger partial charge < -0.3 is 0 Å². The predicted octanol–water partition coefficient (Wildman–Crippen LogP) is 17.0. The summed E-state index contributed by atoms with van der Waals surface area (Å²) in [6.45, 7) is 4.90. The highest BCUT2D eigenvalue weighted by Gasteiger charge is 2.21. The van der Waals surface area contributed by atoms with E-state index >= 15 is 0 Å². The number of hydrogen-bond acceptors (Lipinski definition) is 0. The molecule has 10 aromatic carbocycles. The average molecular weight is 747 g/mol. The van der Waals surface area contributed by atoms with E-state index in [9.17, 15) is 0 Å². The zero-order valence-corrected chi connectivity index (χ0v) is 33.0. The molecule has 12 rings (SSSR count). The first kappa shape index (κ1) is 32.1. The molecular formula is C54H36P2. The van der Waals surface area contributed by atoms with Gasteiger partial charge in [0.15, 0.2) is 0 Å². The molecule has 0 saturated carbocycles. The SMILES string of the molecule is Cp1c2ccccc2c2cccc(-c3cccc4c(-c5ccc6cc7ccccc7cc6c5)c5cccc(-c6cccc7c8ccccc8p(C)c67)c5cc34)c21. The Morgan fingerprint density at radius 1 is 0.286 bits per heavy atom. The first-order valence-electron chi connectivity index (χ1n) is 19.5. The molecule has 0 spiro atoms. The molecular weight excluding hydrogens is 711 g/mol. The zero-order valence-electron chi connectivity index (χ0n) is 31.2. The van der Waals surface area contributed by atoms with Gasteiger partial charge in [0.05, 0.1) is 0 Å². The fourth-order valence-corrected chi connectivity index (χ4v) is 14.4. The molecule has 262 valence electrons. The largest absolute Gasteiger partial charge is 0.111 e. The molecule has 2 heterocycles. The van der Waals surface area contributed by atoms with Crippen LogP contribution in [0.25, 0.3) is 118 Å². The van der Waals surface area contributed by atoms with Crippen LogP contribution in [0.5, 0.6) is 0 Å². The maximum atomic E-state index is 2.53. The molecule has 0 radical (unpaired) electrons. The second-order valence-electron chi connectivity index (χ2n) is 15.4. The normalized spacial score (nSPS) is 12.8. The van der Waals surface area contributed by atoms with Crippen molar-refractivity contribution >= 4 is 100 Å². The van der Waals surface area contributed by atoms with Crippen LogP contribution in [-0.2, 0) is 13.3 Å². The van der Waals surface area contributed by atoms with E-state index in [-0.39, 0.29) is 0 Å². The van der Waals surface area contributed by atoms with Gasteiger partial charge in [-0.25, -0.2) is 0 Å². The molecule has 2 heteroatoms. The lowest BCUT2D eigenvalue weighted by atomic mass is 9.85. The Kier molecular flexibility index (Phi) is 6.98. The number of benzene rings is 10. The van der Waals surface area contributed by atoms with E-state index in [4.69, 9.17) is 0 Å². The molecule has 0 aliphatic carbocycles. The quantitative estimate of drug-likeness (QED) is 0.158. The number of aryl methyl sites for hydroxylation is 2. The van der Waals surface area contributed by atoms with Gasteiger partial charge in [-0.2, -0.15) is 0 Å². The molecule has 12 aromatic rings. The Morgan fingerprint density at radius 3 is 1.27 bits per heavy atom. The lowest BCUT2D eigenvalue weighted by Gasteiger charge is -2.19. The molecule has 0 N–H and O–H groups in total. The highest BCUT2D eigenvalue weighted by molar-refractivity contribution is 7.60. The molecule has 2 atom stereocenters. The second-order valence-corrected chi connectivity index (χ2v) is 19.5. The standard InChI is InChI=1S/C54H36P2/c1-55-50-25-7-5-15-40(50)46-23-11-21-44(53(46)55)38-17-9-19-42-48(38)32-49-39(45-22-12-24-47-41-16-6-8-26-51(41)56(2)54(45)47)18-10-20-43(49)52(42)36-28-27-35-29-33-13-3-4-14-34(33)30-37(35)31-36/h3-32H,1-2H3. The lowest BCUT2D eigenvalue weighted by molar-refractivity contribution is 1.68. The van der Waals surface area contributed by atoms with E-state index in [1.165, 1.54) is 118 Å². The minimum atomic E-state index is -0.489. The molecule has 0 nitrogen and oxygen atoms in total. The number of hydrogen-bond donors (Lipinski definition) is 0. The van der Waals surface area contributed by atoms with Crippen molar-refractivity contribution in [1.82, 2.24) is 0 Å². The van der Waals surface area contributed by atoms with Crippen molar-refractivity contribution in [2.24, 2.45) is 13.3 Å². The first-order valence-corrected chi connectivity index (χ1v) is 23.0. The van der Waals surface area contributed by atoms with Crippen molar-refractivity contribution in [3.8, 4) is 33.4 Å². The van der Waals surface area contributed by atoms with Crippen molar-refractivity contribution in [1.29, 1.82) is 0 Å². The summed E-state index contributed by atoms with van der Waals surface area (Å²) in [6, 6.07) is 69.2. The summed E-state index contributed by atoms with van der Waals surface area (Å²) in [4.78, 5) is 0. The molecule has 2 unspecified atom stereocenters. The van der Waals surface area contributed by atoms with E-state index < -0.39 is 15.1 Å². The summed E-state index contributed by atoms with van der Waals surface area (Å²) >= 11 is 0. The van der Waals surface area contributed by atoms with Crippen LogP contribution in [0.1, 0.15) is 0 Å². The van der Waals surface area contributed by atoms with Crippen molar-refractivity contribution in [3.63, 3.8) is 0 Å². The third kappa shape index (κ3) is 4.55. The Labute approximate surface area is 327 Å². The summed E-state index contributed by atoms with van der Waals surface area (Å²) in [5.41, 5.74) is 7.91. The highest BCUT2D eigenvalue weighted by atomic mass is 31.1. The van der Waals surface area contributed by atoms with Crippen LogP contribution in [0.3, 0.4) is 0 Å². The highest BCUT2D eigenvalue weighted by Crippen LogP contribution is 2.54. The molecule has 2 aromatic heterocycles. The van der Waals surface area contributed by atoms with Gasteiger partial charge in [0.25, 0.3) is 0 Å². The fourth-order valence-electron chi connectivity index (χ4n) is 9.95. The summed E-state index contributed by atoms with van der Waals surface area (Å²) in [7, 11) is -0.977. The topological polar surface area (TPSA) is 0 Å². The molecule has 0 aliphatic rings. The van der Waals surface area contributed by atoms with Gasteiger partial charge in [0.2, 0.25) is 0 Å². The summed E-state index contributed by atoms with van der Waals surface area (Å²) in [6.07, 6.45) is 0. The Balaban J connectivity index is 1.22. The summed E-state index contributed by atoms with van der Waals surface area (Å²) in [5, 5.41) is 21.8. The molecule has 0 saturated heterocycles. The lowest BCUT2D eigenvalue weighted by Crippen LogP contribution is -1.91. The smallest absolute Gasteiger partial charge is 0.00996 e. The Bertz CT molecular complexity index is 3440. The maximum absolute atomic E-state index is 2.53. The van der Waals surface area contributed by atoms with Crippen LogP contribution in [0.15, 0.2) is 182 Å². The van der Waals surface area contributed by atoms with Crippen molar-refractivity contribution in [2.45, 2.75) is 0 Å². The van der Waals surface area contributed by atoms with E-state index in [0.29, 0.717) is 0 Å². The Morgan fingerprint density at radius 2 is 0.714 bits per heavy atom. The number of rotatable bonds is 3. The minimum Gasteiger partial charge on any atom is -0.111 e. The van der Waals surface area contributed by atoms with Crippen LogP contribution in [0.2, 0.25) is 0 Å². The van der Waals surface area contributed by atoms with Crippen molar-refractivity contribution in [3.05, 3.63) is 182 Å². The van der Waals surface area contributed by atoms with Crippen LogP contribution in [0.4, 0.5) is 0 Å². The van der Waals surface area contributed by atoms with E-state index in [0.717, 1.165) is 0 Å². The van der Waals surface area contributed by atoms with Gasteiger partial charge in [-0.3, -0.25) is 0 Å². The minimum absolute atomic E-state index is 0.489. The molecule has 0 aliphatic heterocycles. The zero-order chi connectivity index (χ0) is 37.1. The average Bonchev–Trinajstić information content (AvgIpc) is 3.71. The maximum Gasteiger partial charge on any atom is 0.00996 e.